The largest absolute Gasteiger partial charge is 0.350 e. The minimum absolute atomic E-state index is 0.0339. The lowest BCUT2D eigenvalue weighted by Crippen LogP contribution is -2.62. The number of rotatable bonds is 3. The van der Waals surface area contributed by atoms with Crippen molar-refractivity contribution in [2.75, 3.05) is 26.2 Å². The quantitative estimate of drug-likeness (QED) is 0.922. The summed E-state index contributed by atoms with van der Waals surface area (Å²) in [6.07, 6.45) is 8.36. The first-order valence-electron chi connectivity index (χ1n) is 8.79. The van der Waals surface area contributed by atoms with Gasteiger partial charge in [-0.25, -0.2) is 9.48 Å². The van der Waals surface area contributed by atoms with Gasteiger partial charge in [-0.3, -0.25) is 9.30 Å². The topological polar surface area (TPSA) is 54.6 Å². The molecular formula is C17H25N5O. The second kappa shape index (κ2) is 6.09. The summed E-state index contributed by atoms with van der Waals surface area (Å²) in [7, 11) is 0. The Bertz CT molecular complexity index is 720. The molecule has 6 nitrogen and oxygen atoms in total. The van der Waals surface area contributed by atoms with Gasteiger partial charge in [-0.1, -0.05) is 25.3 Å². The molecule has 0 amide bonds. The fourth-order valence-corrected chi connectivity index (χ4v) is 4.27. The summed E-state index contributed by atoms with van der Waals surface area (Å²) < 4.78 is 3.24. The second-order valence-corrected chi connectivity index (χ2v) is 6.88. The summed E-state index contributed by atoms with van der Waals surface area (Å²) in [6.45, 7) is 4.78. The third-order valence-electron chi connectivity index (χ3n) is 5.54. The van der Waals surface area contributed by atoms with Crippen molar-refractivity contribution in [1.29, 1.82) is 0 Å². The Kier molecular flexibility index (Phi) is 3.95. The molecular weight excluding hydrogens is 290 g/mol. The third-order valence-corrected chi connectivity index (χ3v) is 5.54. The second-order valence-electron chi connectivity index (χ2n) is 6.88. The van der Waals surface area contributed by atoms with Gasteiger partial charge in [0.05, 0.1) is 6.54 Å². The monoisotopic (exact) mass is 315 g/mol. The van der Waals surface area contributed by atoms with Crippen LogP contribution in [-0.4, -0.2) is 50.8 Å². The lowest BCUT2D eigenvalue weighted by molar-refractivity contribution is 0.0241. The summed E-state index contributed by atoms with van der Waals surface area (Å²) in [6, 6.07) is 5.67. The first kappa shape index (κ1) is 14.9. The molecule has 0 bridgehead atoms. The summed E-state index contributed by atoms with van der Waals surface area (Å²) in [5.74, 6) is 0. The van der Waals surface area contributed by atoms with E-state index in [1.165, 1.54) is 32.1 Å². The predicted octanol–water partition coefficient (Wildman–Crippen LogP) is 1.10. The Labute approximate surface area is 136 Å². The molecule has 0 radical (unpaired) electrons. The zero-order chi connectivity index (χ0) is 15.7. The number of hydrogen-bond donors (Lipinski definition) is 1. The average molecular weight is 315 g/mol. The fourth-order valence-electron chi connectivity index (χ4n) is 4.27. The van der Waals surface area contributed by atoms with Crippen LogP contribution in [-0.2, 0) is 6.54 Å². The molecule has 0 atom stereocenters. The Balaban J connectivity index is 1.52. The van der Waals surface area contributed by atoms with E-state index < -0.39 is 0 Å². The molecule has 23 heavy (non-hydrogen) atoms. The molecule has 1 saturated carbocycles. The van der Waals surface area contributed by atoms with Crippen molar-refractivity contribution in [2.45, 2.75) is 44.2 Å². The standard InChI is InChI=1S/C17H25N5O/c23-16-21-10-5-2-6-15(21)19-22(16)13-12-20-11-9-18-14-17(20)7-3-1-4-8-17/h2,5-6,10,18H,1,3-4,7-9,11-14H2. The van der Waals surface area contributed by atoms with E-state index in [1.807, 2.05) is 18.2 Å². The number of hydrogen-bond acceptors (Lipinski definition) is 4. The van der Waals surface area contributed by atoms with Gasteiger partial charge < -0.3 is 5.32 Å². The molecule has 1 aliphatic heterocycles. The summed E-state index contributed by atoms with van der Waals surface area (Å²) in [5, 5.41) is 8.03. The molecule has 2 aromatic heterocycles. The van der Waals surface area contributed by atoms with E-state index in [0.717, 1.165) is 31.8 Å². The van der Waals surface area contributed by atoms with E-state index in [2.05, 4.69) is 15.3 Å². The molecule has 124 valence electrons. The number of piperazine rings is 1. The van der Waals surface area contributed by atoms with Crippen LogP contribution in [0, 0.1) is 0 Å². The highest BCUT2D eigenvalue weighted by Crippen LogP contribution is 2.34. The van der Waals surface area contributed by atoms with E-state index in [4.69, 9.17) is 0 Å². The van der Waals surface area contributed by atoms with Gasteiger partial charge in [0.2, 0.25) is 0 Å². The Morgan fingerprint density at radius 2 is 2.04 bits per heavy atom. The van der Waals surface area contributed by atoms with Gasteiger partial charge in [-0.05, 0) is 25.0 Å². The van der Waals surface area contributed by atoms with Crippen LogP contribution in [0.5, 0.6) is 0 Å². The molecule has 3 heterocycles. The Morgan fingerprint density at radius 1 is 1.17 bits per heavy atom. The Hall–Kier alpha value is -1.66. The number of nitrogens with one attached hydrogen (secondary N) is 1. The zero-order valence-electron chi connectivity index (χ0n) is 13.6. The van der Waals surface area contributed by atoms with E-state index >= 15 is 0 Å². The van der Waals surface area contributed by atoms with E-state index in [1.54, 1.807) is 15.3 Å². The van der Waals surface area contributed by atoms with Crippen LogP contribution in [0.15, 0.2) is 29.2 Å². The van der Waals surface area contributed by atoms with Gasteiger partial charge >= 0.3 is 5.69 Å². The number of aromatic nitrogens is 3. The molecule has 1 spiro atoms. The lowest BCUT2D eigenvalue weighted by atomic mass is 9.79. The third kappa shape index (κ3) is 2.70. The lowest BCUT2D eigenvalue weighted by Gasteiger charge is -2.50. The summed E-state index contributed by atoms with van der Waals surface area (Å²) in [5.41, 5.74) is 0.998. The van der Waals surface area contributed by atoms with E-state index in [-0.39, 0.29) is 5.69 Å². The van der Waals surface area contributed by atoms with Crippen molar-refractivity contribution >= 4 is 5.65 Å². The molecule has 1 N–H and O–H groups in total. The minimum atomic E-state index is -0.0339. The van der Waals surface area contributed by atoms with Crippen molar-refractivity contribution in [1.82, 2.24) is 24.4 Å². The molecule has 0 aromatic carbocycles. The highest BCUT2D eigenvalue weighted by molar-refractivity contribution is 5.35. The Morgan fingerprint density at radius 3 is 2.87 bits per heavy atom. The number of nitrogens with zero attached hydrogens (tertiary/aromatic N) is 4. The first-order chi connectivity index (χ1) is 11.3. The summed E-state index contributed by atoms with van der Waals surface area (Å²) in [4.78, 5) is 15.0. The van der Waals surface area contributed by atoms with Gasteiger partial charge in [-0.15, -0.1) is 5.10 Å². The highest BCUT2D eigenvalue weighted by Gasteiger charge is 2.39. The van der Waals surface area contributed by atoms with E-state index in [0.29, 0.717) is 12.1 Å². The van der Waals surface area contributed by atoms with Crippen molar-refractivity contribution in [3.63, 3.8) is 0 Å². The molecule has 2 aromatic rings. The molecule has 0 unspecified atom stereocenters. The molecule has 2 fully saturated rings. The summed E-state index contributed by atoms with van der Waals surface area (Å²) >= 11 is 0. The average Bonchev–Trinajstić information content (AvgIpc) is 2.92. The van der Waals surface area contributed by atoms with Crippen LogP contribution in [0.3, 0.4) is 0 Å². The molecule has 4 rings (SSSR count). The van der Waals surface area contributed by atoms with Crippen LogP contribution in [0.2, 0.25) is 0 Å². The SMILES string of the molecule is O=c1n(CCN2CCNCC23CCCCC3)nc2ccccn12. The zero-order valence-corrected chi connectivity index (χ0v) is 13.6. The van der Waals surface area contributed by atoms with Crippen molar-refractivity contribution in [3.8, 4) is 0 Å². The molecule has 6 heteroatoms. The van der Waals surface area contributed by atoms with Gasteiger partial charge in [0.25, 0.3) is 0 Å². The van der Waals surface area contributed by atoms with Crippen LogP contribution in [0.4, 0.5) is 0 Å². The minimum Gasteiger partial charge on any atom is -0.314 e. The number of pyridine rings is 1. The fraction of sp³-hybridized carbons (Fsp3) is 0.647. The smallest absolute Gasteiger partial charge is 0.314 e. The van der Waals surface area contributed by atoms with Crippen LogP contribution < -0.4 is 11.0 Å². The van der Waals surface area contributed by atoms with E-state index in [9.17, 15) is 4.79 Å². The van der Waals surface area contributed by atoms with Crippen LogP contribution >= 0.6 is 0 Å². The molecule has 1 saturated heterocycles. The highest BCUT2D eigenvalue weighted by atomic mass is 16.2. The van der Waals surface area contributed by atoms with Crippen molar-refractivity contribution in [3.05, 3.63) is 34.9 Å². The van der Waals surface area contributed by atoms with Crippen molar-refractivity contribution < 1.29 is 0 Å². The molecule has 1 aliphatic carbocycles. The predicted molar refractivity (Wildman–Crippen MR) is 89.7 cm³/mol. The van der Waals surface area contributed by atoms with Gasteiger partial charge in [-0.2, -0.15) is 0 Å². The maximum absolute atomic E-state index is 12.4. The van der Waals surface area contributed by atoms with Crippen molar-refractivity contribution in [2.24, 2.45) is 0 Å². The van der Waals surface area contributed by atoms with Gasteiger partial charge in [0.1, 0.15) is 0 Å². The first-order valence-corrected chi connectivity index (χ1v) is 8.79. The maximum atomic E-state index is 12.4. The normalized spacial score (nSPS) is 21.9. The van der Waals surface area contributed by atoms with Gasteiger partial charge in [0, 0.05) is 37.9 Å². The van der Waals surface area contributed by atoms with Gasteiger partial charge in [0.15, 0.2) is 5.65 Å². The number of fused-ring (bicyclic) bond motifs is 1. The maximum Gasteiger partial charge on any atom is 0.350 e. The van der Waals surface area contributed by atoms with Crippen LogP contribution in [0.25, 0.3) is 5.65 Å². The van der Waals surface area contributed by atoms with Crippen LogP contribution in [0.1, 0.15) is 32.1 Å². The molecule has 2 aliphatic rings.